The van der Waals surface area contributed by atoms with E-state index in [-0.39, 0.29) is 5.91 Å². The van der Waals surface area contributed by atoms with Crippen molar-refractivity contribution in [1.82, 2.24) is 4.90 Å². The van der Waals surface area contributed by atoms with E-state index in [1.807, 2.05) is 11.9 Å². The Morgan fingerprint density at radius 3 is 2.38 bits per heavy atom. The Balaban J connectivity index is 1.59. The highest BCUT2D eigenvalue weighted by Crippen LogP contribution is 2.34. The summed E-state index contributed by atoms with van der Waals surface area (Å²) in [6.07, 6.45) is 5.95. The number of hydrogen-bond acceptors (Lipinski definition) is 2. The lowest BCUT2D eigenvalue weighted by molar-refractivity contribution is 0.0657. The summed E-state index contributed by atoms with van der Waals surface area (Å²) in [5.41, 5.74) is 1.43. The fourth-order valence-electron chi connectivity index (χ4n) is 3.26. The molecule has 21 heavy (non-hydrogen) atoms. The quantitative estimate of drug-likeness (QED) is 0.850. The molecule has 2 aromatic rings. The van der Waals surface area contributed by atoms with Gasteiger partial charge in [-0.2, -0.15) is 0 Å². The molecule has 1 fully saturated rings. The van der Waals surface area contributed by atoms with Crippen molar-refractivity contribution in [2.24, 2.45) is 0 Å². The molecule has 1 aromatic carbocycles. The van der Waals surface area contributed by atoms with Crippen molar-refractivity contribution < 1.29 is 9.21 Å². The van der Waals surface area contributed by atoms with Gasteiger partial charge in [-0.15, -0.1) is 0 Å². The number of amides is 1. The van der Waals surface area contributed by atoms with Crippen LogP contribution >= 0.6 is 0 Å². The van der Waals surface area contributed by atoms with Gasteiger partial charge in [0.05, 0.1) is 6.26 Å². The highest BCUT2D eigenvalue weighted by Gasteiger charge is 2.28. The molecule has 1 aliphatic carbocycles. The molecule has 0 radical (unpaired) electrons. The van der Waals surface area contributed by atoms with Crippen molar-refractivity contribution in [3.05, 3.63) is 60.1 Å². The summed E-state index contributed by atoms with van der Waals surface area (Å²) < 4.78 is 5.21. The van der Waals surface area contributed by atoms with Crippen LogP contribution in [-0.4, -0.2) is 23.9 Å². The van der Waals surface area contributed by atoms with Gasteiger partial charge in [0.1, 0.15) is 0 Å². The van der Waals surface area contributed by atoms with E-state index in [0.29, 0.717) is 17.7 Å². The molecule has 0 unspecified atom stereocenters. The second kappa shape index (κ2) is 6.17. The van der Waals surface area contributed by atoms with E-state index in [9.17, 15) is 4.79 Å². The van der Waals surface area contributed by atoms with Crippen molar-refractivity contribution in [2.45, 2.75) is 37.6 Å². The van der Waals surface area contributed by atoms with Crippen LogP contribution in [0, 0.1) is 0 Å². The third-order valence-corrected chi connectivity index (χ3v) is 4.57. The van der Waals surface area contributed by atoms with Gasteiger partial charge in [0.2, 0.25) is 0 Å². The fraction of sp³-hybridized carbons (Fsp3) is 0.389. The number of benzene rings is 1. The van der Waals surface area contributed by atoms with Gasteiger partial charge in [0.25, 0.3) is 5.91 Å². The molecule has 3 heteroatoms. The highest BCUT2D eigenvalue weighted by molar-refractivity contribution is 5.91. The van der Waals surface area contributed by atoms with E-state index in [1.54, 1.807) is 18.4 Å². The third kappa shape index (κ3) is 3.02. The van der Waals surface area contributed by atoms with E-state index >= 15 is 0 Å². The number of nitrogens with zero attached hydrogens (tertiary/aromatic N) is 1. The van der Waals surface area contributed by atoms with Gasteiger partial charge in [-0.25, -0.2) is 0 Å². The largest absolute Gasteiger partial charge is 0.459 e. The van der Waals surface area contributed by atoms with Crippen molar-refractivity contribution in [1.29, 1.82) is 0 Å². The van der Waals surface area contributed by atoms with Crippen LogP contribution in [0.5, 0.6) is 0 Å². The first-order chi connectivity index (χ1) is 10.3. The molecule has 0 bridgehead atoms. The van der Waals surface area contributed by atoms with Crippen LogP contribution in [0.4, 0.5) is 0 Å². The Kier molecular flexibility index (Phi) is 4.09. The predicted octanol–water partition coefficient (Wildman–Crippen LogP) is 4.08. The second-order valence-corrected chi connectivity index (χ2v) is 5.81. The van der Waals surface area contributed by atoms with E-state index in [2.05, 4.69) is 30.3 Å². The predicted molar refractivity (Wildman–Crippen MR) is 82.2 cm³/mol. The van der Waals surface area contributed by atoms with Crippen LogP contribution in [0.25, 0.3) is 0 Å². The van der Waals surface area contributed by atoms with E-state index in [1.165, 1.54) is 5.56 Å². The summed E-state index contributed by atoms with van der Waals surface area (Å²) in [6.45, 7) is 0. The number of carbonyl (C=O) groups is 1. The molecule has 0 aliphatic heterocycles. The van der Waals surface area contributed by atoms with Crippen LogP contribution in [0.1, 0.15) is 47.7 Å². The molecule has 0 saturated heterocycles. The third-order valence-electron chi connectivity index (χ3n) is 4.57. The summed E-state index contributed by atoms with van der Waals surface area (Å²) in [7, 11) is 1.89. The lowest BCUT2D eigenvalue weighted by atomic mass is 9.81. The molecule has 3 nitrogen and oxygen atoms in total. The first-order valence-corrected chi connectivity index (χ1v) is 7.61. The van der Waals surface area contributed by atoms with Gasteiger partial charge in [-0.05, 0) is 49.3 Å². The van der Waals surface area contributed by atoms with Crippen LogP contribution < -0.4 is 0 Å². The summed E-state index contributed by atoms with van der Waals surface area (Å²) in [6, 6.07) is 14.5. The minimum atomic E-state index is -0.0110. The molecule has 0 spiro atoms. The summed E-state index contributed by atoms with van der Waals surface area (Å²) >= 11 is 0. The van der Waals surface area contributed by atoms with Crippen LogP contribution in [0.15, 0.2) is 53.1 Å². The SMILES string of the molecule is CN(C(=O)c1ccco1)C1CCC(c2ccccc2)CC1. The second-order valence-electron chi connectivity index (χ2n) is 5.81. The summed E-state index contributed by atoms with van der Waals surface area (Å²) in [5, 5.41) is 0. The summed E-state index contributed by atoms with van der Waals surface area (Å²) in [4.78, 5) is 14.1. The molecule has 1 heterocycles. The molecule has 0 N–H and O–H groups in total. The zero-order valence-corrected chi connectivity index (χ0v) is 12.4. The zero-order chi connectivity index (χ0) is 14.7. The van der Waals surface area contributed by atoms with Crippen LogP contribution in [-0.2, 0) is 0 Å². The van der Waals surface area contributed by atoms with E-state index in [0.717, 1.165) is 25.7 Å². The number of furan rings is 1. The van der Waals surface area contributed by atoms with Gasteiger partial charge < -0.3 is 9.32 Å². The molecule has 0 atom stereocenters. The highest BCUT2D eigenvalue weighted by atomic mass is 16.3. The Hall–Kier alpha value is -2.03. The first-order valence-electron chi connectivity index (χ1n) is 7.61. The van der Waals surface area contributed by atoms with Gasteiger partial charge in [0.15, 0.2) is 5.76 Å². The lowest BCUT2D eigenvalue weighted by Crippen LogP contribution is -2.39. The number of carbonyl (C=O) groups excluding carboxylic acids is 1. The molecule has 1 aromatic heterocycles. The average molecular weight is 283 g/mol. The van der Waals surface area contributed by atoms with Gasteiger partial charge in [-0.3, -0.25) is 4.79 Å². The van der Waals surface area contributed by atoms with E-state index < -0.39 is 0 Å². The normalized spacial score (nSPS) is 22.0. The number of rotatable bonds is 3. The minimum absolute atomic E-state index is 0.0110. The van der Waals surface area contributed by atoms with Crippen molar-refractivity contribution in [3.63, 3.8) is 0 Å². The van der Waals surface area contributed by atoms with E-state index in [4.69, 9.17) is 4.42 Å². The molecule has 1 amide bonds. The Morgan fingerprint density at radius 2 is 1.76 bits per heavy atom. The molecule has 110 valence electrons. The van der Waals surface area contributed by atoms with Crippen molar-refractivity contribution >= 4 is 5.91 Å². The minimum Gasteiger partial charge on any atom is -0.459 e. The van der Waals surface area contributed by atoms with Gasteiger partial charge >= 0.3 is 0 Å². The van der Waals surface area contributed by atoms with Gasteiger partial charge in [-0.1, -0.05) is 30.3 Å². The summed E-state index contributed by atoms with van der Waals surface area (Å²) in [5.74, 6) is 1.06. The molecule has 3 rings (SSSR count). The maximum Gasteiger partial charge on any atom is 0.289 e. The Bertz CT molecular complexity index is 569. The molecule has 1 aliphatic rings. The smallest absolute Gasteiger partial charge is 0.289 e. The lowest BCUT2D eigenvalue weighted by Gasteiger charge is -2.34. The zero-order valence-electron chi connectivity index (χ0n) is 12.4. The number of hydrogen-bond donors (Lipinski definition) is 0. The fourth-order valence-corrected chi connectivity index (χ4v) is 3.26. The van der Waals surface area contributed by atoms with Crippen LogP contribution in [0.3, 0.4) is 0 Å². The first kappa shape index (κ1) is 13.9. The average Bonchev–Trinajstić information content (AvgIpc) is 3.09. The van der Waals surface area contributed by atoms with Gasteiger partial charge in [0, 0.05) is 13.1 Å². The topological polar surface area (TPSA) is 33.5 Å². The van der Waals surface area contributed by atoms with Crippen LogP contribution in [0.2, 0.25) is 0 Å². The monoisotopic (exact) mass is 283 g/mol. The van der Waals surface area contributed by atoms with Crippen molar-refractivity contribution in [2.75, 3.05) is 7.05 Å². The Morgan fingerprint density at radius 1 is 1.05 bits per heavy atom. The maximum absolute atomic E-state index is 12.3. The maximum atomic E-state index is 12.3. The molecular formula is C18H21NO2. The standard InChI is InChI=1S/C18H21NO2/c1-19(18(20)17-8-5-13-21-17)16-11-9-15(10-12-16)14-6-3-2-4-7-14/h2-8,13,15-16H,9-12H2,1H3. The van der Waals surface area contributed by atoms with Crippen molar-refractivity contribution in [3.8, 4) is 0 Å². The molecule has 1 saturated carbocycles. The Labute approximate surface area is 125 Å². The molecular weight excluding hydrogens is 262 g/mol.